The summed E-state index contributed by atoms with van der Waals surface area (Å²) in [5.41, 5.74) is 2.28. The molecule has 0 radical (unpaired) electrons. The third-order valence-corrected chi connectivity index (χ3v) is 8.58. The Hall–Kier alpha value is -2.76. The van der Waals surface area contributed by atoms with Crippen LogP contribution < -0.4 is 9.47 Å². The van der Waals surface area contributed by atoms with Crippen LogP contribution in [0.25, 0.3) is 0 Å². The van der Waals surface area contributed by atoms with Crippen LogP contribution in [0.3, 0.4) is 0 Å². The number of benzene rings is 1. The van der Waals surface area contributed by atoms with Crippen LogP contribution in [0.5, 0.6) is 11.5 Å². The van der Waals surface area contributed by atoms with E-state index in [9.17, 15) is 0 Å². The highest BCUT2D eigenvalue weighted by molar-refractivity contribution is 5.47. The minimum atomic E-state index is 0.716. The van der Waals surface area contributed by atoms with Crippen molar-refractivity contribution < 1.29 is 9.47 Å². The van der Waals surface area contributed by atoms with E-state index in [1.807, 2.05) is 37.4 Å². The van der Waals surface area contributed by atoms with Gasteiger partial charge >= 0.3 is 0 Å². The molecule has 0 spiro atoms. The monoisotopic (exact) mass is 606 g/mol. The highest BCUT2D eigenvalue weighted by atomic mass is 16.5. The molecule has 0 unspecified atom stereocenters. The number of aromatic nitrogens is 4. The molecule has 3 rings (SSSR count). The van der Waals surface area contributed by atoms with Crippen molar-refractivity contribution in [3.63, 3.8) is 0 Å². The van der Waals surface area contributed by atoms with Gasteiger partial charge in [0, 0.05) is 35.9 Å². The highest BCUT2D eigenvalue weighted by Gasteiger charge is 2.14. The maximum Gasteiger partial charge on any atom is 0.124 e. The quantitative estimate of drug-likeness (QED) is 0.0772. The zero-order valence-corrected chi connectivity index (χ0v) is 28.2. The van der Waals surface area contributed by atoms with E-state index in [0.717, 1.165) is 48.7 Å². The molecule has 0 bridgehead atoms. The van der Waals surface area contributed by atoms with Crippen LogP contribution >= 0.6 is 0 Å². The van der Waals surface area contributed by atoms with Gasteiger partial charge in [0.1, 0.15) is 11.5 Å². The van der Waals surface area contributed by atoms with Crippen LogP contribution in [-0.4, -0.2) is 32.3 Å². The lowest BCUT2D eigenvalue weighted by atomic mass is 10.1. The summed E-state index contributed by atoms with van der Waals surface area (Å²) in [5, 5.41) is 0. The Labute approximate surface area is 269 Å². The van der Waals surface area contributed by atoms with E-state index in [2.05, 4.69) is 45.1 Å². The van der Waals surface area contributed by atoms with Crippen LogP contribution in [0.15, 0.2) is 49.6 Å². The molecule has 6 nitrogen and oxygen atoms in total. The first kappa shape index (κ1) is 35.7. The summed E-state index contributed by atoms with van der Waals surface area (Å²) in [6.45, 7) is 7.49. The Bertz CT molecular complexity index is 979. The molecule has 0 fully saturated rings. The lowest BCUT2D eigenvalue weighted by molar-refractivity contribution is 0.290. The summed E-state index contributed by atoms with van der Waals surface area (Å²) >= 11 is 0. The van der Waals surface area contributed by atoms with E-state index in [4.69, 9.17) is 9.47 Å². The molecule has 0 aliphatic heterocycles. The molecule has 0 aliphatic rings. The molecule has 44 heavy (non-hydrogen) atoms. The summed E-state index contributed by atoms with van der Waals surface area (Å²) in [5.74, 6) is 1.91. The Balaban J connectivity index is 1.52. The molecular weight excluding hydrogens is 544 g/mol. The Morgan fingerprint density at radius 3 is 1.14 bits per heavy atom. The second kappa shape index (κ2) is 23.6. The fraction of sp³-hybridized carbons (Fsp3) is 0.684. The van der Waals surface area contributed by atoms with Gasteiger partial charge in [0.2, 0.25) is 0 Å². The summed E-state index contributed by atoms with van der Waals surface area (Å²) in [6, 6.07) is 4.41. The Morgan fingerprint density at radius 2 is 0.818 bits per heavy atom. The van der Waals surface area contributed by atoms with Crippen molar-refractivity contribution in [2.45, 2.75) is 155 Å². The minimum absolute atomic E-state index is 0.716. The first-order valence-corrected chi connectivity index (χ1v) is 18.1. The second-order valence-electron chi connectivity index (χ2n) is 12.6. The van der Waals surface area contributed by atoms with Crippen LogP contribution in [0.1, 0.15) is 153 Å². The molecule has 1 aromatic carbocycles. The molecule has 0 N–H and O–H groups in total. The number of nitrogens with zero attached hydrogens (tertiary/aromatic N) is 4. The van der Waals surface area contributed by atoms with E-state index >= 15 is 0 Å². The first-order chi connectivity index (χ1) is 21.8. The van der Waals surface area contributed by atoms with E-state index in [-0.39, 0.29) is 0 Å². The Kier molecular flexibility index (Phi) is 19.2. The number of hydrogen-bond donors (Lipinski definition) is 0. The van der Waals surface area contributed by atoms with Gasteiger partial charge in [0.25, 0.3) is 0 Å². The van der Waals surface area contributed by atoms with Crippen molar-refractivity contribution >= 4 is 0 Å². The van der Waals surface area contributed by atoms with Crippen LogP contribution in [0.2, 0.25) is 0 Å². The normalized spacial score (nSPS) is 11.3. The maximum atomic E-state index is 6.47. The maximum absolute atomic E-state index is 6.47. The van der Waals surface area contributed by atoms with Crippen molar-refractivity contribution in [3.05, 3.63) is 60.7 Å². The van der Waals surface area contributed by atoms with Crippen molar-refractivity contribution in [1.29, 1.82) is 0 Å². The van der Waals surface area contributed by atoms with Crippen LogP contribution in [0.4, 0.5) is 0 Å². The first-order valence-electron chi connectivity index (χ1n) is 18.1. The van der Waals surface area contributed by atoms with Crippen molar-refractivity contribution in [2.24, 2.45) is 0 Å². The lowest BCUT2D eigenvalue weighted by Crippen LogP contribution is -2.09. The van der Waals surface area contributed by atoms with Crippen molar-refractivity contribution in [1.82, 2.24) is 19.1 Å². The SMILES string of the molecule is CCCCCCCCCCCCOc1cc(Cn2ccnc2)c(OCCCCCCCCCCCC)cc1Cn1ccnc1. The van der Waals surface area contributed by atoms with E-state index in [0.29, 0.717) is 13.1 Å². The van der Waals surface area contributed by atoms with Gasteiger partial charge in [-0.2, -0.15) is 0 Å². The van der Waals surface area contributed by atoms with Crippen LogP contribution in [-0.2, 0) is 13.1 Å². The molecule has 6 heteroatoms. The lowest BCUT2D eigenvalue weighted by Gasteiger charge is -2.18. The predicted octanol–water partition coefficient (Wildman–Crippen LogP) is 10.8. The predicted molar refractivity (Wildman–Crippen MR) is 184 cm³/mol. The zero-order chi connectivity index (χ0) is 30.9. The number of ether oxygens (including phenoxy) is 2. The summed E-state index contributed by atoms with van der Waals surface area (Å²) < 4.78 is 17.1. The fourth-order valence-corrected chi connectivity index (χ4v) is 5.86. The third-order valence-electron chi connectivity index (χ3n) is 8.58. The molecule has 2 heterocycles. The molecule has 246 valence electrons. The molecule has 0 amide bonds. The average molecular weight is 607 g/mol. The average Bonchev–Trinajstić information content (AvgIpc) is 3.75. The van der Waals surface area contributed by atoms with Gasteiger partial charge in [-0.15, -0.1) is 0 Å². The minimum Gasteiger partial charge on any atom is -0.493 e. The molecule has 2 aromatic heterocycles. The van der Waals surface area contributed by atoms with Crippen molar-refractivity contribution in [3.8, 4) is 11.5 Å². The topological polar surface area (TPSA) is 54.1 Å². The number of hydrogen-bond acceptors (Lipinski definition) is 4. The zero-order valence-electron chi connectivity index (χ0n) is 28.2. The van der Waals surface area contributed by atoms with Crippen molar-refractivity contribution in [2.75, 3.05) is 13.2 Å². The molecule has 0 saturated heterocycles. The molecule has 0 aliphatic carbocycles. The standard InChI is InChI=1S/C38H62N4O2/c1-3-5-7-9-11-13-15-17-19-21-27-43-37-29-36(32-42-26-24-40-34-42)38(30-35(37)31-41-25-23-39-33-41)44-28-22-20-18-16-14-12-10-8-6-4-2/h23-26,29-30,33-34H,3-22,27-28,31-32H2,1-2H3. The highest BCUT2D eigenvalue weighted by Crippen LogP contribution is 2.31. The number of imidazole rings is 2. The van der Waals surface area contributed by atoms with Gasteiger partial charge < -0.3 is 18.6 Å². The van der Waals surface area contributed by atoms with E-state index in [1.165, 1.54) is 116 Å². The van der Waals surface area contributed by atoms with Gasteiger partial charge in [0.05, 0.1) is 39.0 Å². The summed E-state index contributed by atoms with van der Waals surface area (Å²) in [6.07, 6.45) is 37.9. The fourth-order valence-electron chi connectivity index (χ4n) is 5.86. The molecule has 3 aromatic rings. The molecule has 0 atom stereocenters. The molecular formula is C38H62N4O2. The summed E-state index contributed by atoms with van der Waals surface area (Å²) in [7, 11) is 0. The van der Waals surface area contributed by atoms with Gasteiger partial charge in [-0.1, -0.05) is 129 Å². The largest absolute Gasteiger partial charge is 0.493 e. The Morgan fingerprint density at radius 1 is 0.477 bits per heavy atom. The van der Waals surface area contributed by atoms with Gasteiger partial charge in [0.15, 0.2) is 0 Å². The van der Waals surface area contributed by atoms with Gasteiger partial charge in [-0.3, -0.25) is 0 Å². The smallest absolute Gasteiger partial charge is 0.124 e. The third kappa shape index (κ3) is 15.3. The number of unbranched alkanes of at least 4 members (excludes halogenated alkanes) is 18. The van der Waals surface area contributed by atoms with E-state index in [1.54, 1.807) is 0 Å². The van der Waals surface area contributed by atoms with E-state index < -0.39 is 0 Å². The van der Waals surface area contributed by atoms with Gasteiger partial charge in [-0.05, 0) is 25.0 Å². The molecule has 0 saturated carbocycles. The van der Waals surface area contributed by atoms with Gasteiger partial charge in [-0.25, -0.2) is 9.97 Å². The van der Waals surface area contributed by atoms with Crippen LogP contribution in [0, 0.1) is 0 Å². The number of rotatable bonds is 28. The second-order valence-corrected chi connectivity index (χ2v) is 12.6. The summed E-state index contributed by atoms with van der Waals surface area (Å²) in [4.78, 5) is 8.52.